The Labute approximate surface area is 506 Å². The molecule has 85 heavy (non-hydrogen) atoms. The van der Waals surface area contributed by atoms with E-state index in [4.69, 9.17) is 5.73 Å². The van der Waals surface area contributed by atoms with Crippen molar-refractivity contribution in [2.24, 2.45) is 35.3 Å². The standard InChI is InChI=1S/C60H108N12O13/c1-22-24-26-38(11)50(75)49-54(79)64-40(25-23-2)55(80)66(15)33-46(74)69(18)44(31-60(13,14)85)53(78)65-47(36(7)8)58(83)70(19)42(29-34(3)4)52(77)62-39(12)51(76)63-41(27-28-61)56(81)67(16)32-45(73)68(17)43(30-35(5)6)57(82)71(20)48(37(9)10)59(84)72(49)21/h22,24,34-44,47-50,75,85H,23,25-33,61H2,1-21H3,(H,62,77)(H,63,76)(H,64,79)(H,65,78)/b24-22+/t38-,39+,40-,41?,42-,43+,44+,47+,48-,49?,50-/m1/s1. The number of aliphatic hydroxyl groups excluding tert-OH is 1. The molecule has 25 nitrogen and oxygen atoms in total. The second kappa shape index (κ2) is 34.8. The average molecular weight is 1210 g/mol. The highest BCUT2D eigenvalue weighted by Gasteiger charge is 2.45. The lowest BCUT2D eigenvalue weighted by molar-refractivity contribution is -0.156. The summed E-state index contributed by atoms with van der Waals surface area (Å²) in [4.78, 5) is 167. The summed E-state index contributed by atoms with van der Waals surface area (Å²) in [5.74, 6) is -10.3. The van der Waals surface area contributed by atoms with Gasteiger partial charge in [-0.2, -0.15) is 0 Å². The highest BCUT2D eigenvalue weighted by atomic mass is 16.3. The van der Waals surface area contributed by atoms with Gasteiger partial charge in [0.15, 0.2) is 0 Å². The topological polar surface area (TPSA) is 325 Å². The predicted octanol–water partition coefficient (Wildman–Crippen LogP) is 0.688. The zero-order chi connectivity index (χ0) is 65.9. The molecule has 0 aromatic heterocycles. The SMILES string of the molecule is C/C=C/C[C@@H](C)[C@@H](O)C1C(=O)N[C@H](CCC)C(=O)N(C)CC(=O)N(C)[C@@H](CC(C)(C)O)C(=O)N[C@@H](C(C)C)C(=O)N(C)[C@H](CC(C)C)C(=O)N[C@@H](C)C(=O)NC(CCN)C(=O)N(C)CC(=O)N(C)[C@@H](CC(C)C)C(=O)N(C)[C@H](C(C)C)C(=O)N1C. The van der Waals surface area contributed by atoms with Gasteiger partial charge in [0.2, 0.25) is 65.0 Å². The lowest BCUT2D eigenvalue weighted by atomic mass is 9.91. The van der Waals surface area contributed by atoms with Crippen LogP contribution in [0.25, 0.3) is 0 Å². The van der Waals surface area contributed by atoms with Gasteiger partial charge in [-0.15, -0.1) is 0 Å². The second-order valence-electron chi connectivity index (χ2n) is 25.4. The van der Waals surface area contributed by atoms with Crippen molar-refractivity contribution >= 4 is 65.0 Å². The van der Waals surface area contributed by atoms with Gasteiger partial charge >= 0.3 is 0 Å². The first-order valence-corrected chi connectivity index (χ1v) is 30.0. The largest absolute Gasteiger partial charge is 0.390 e. The van der Waals surface area contributed by atoms with E-state index in [2.05, 4.69) is 21.3 Å². The van der Waals surface area contributed by atoms with E-state index in [-0.39, 0.29) is 50.5 Å². The molecule has 1 aliphatic heterocycles. The van der Waals surface area contributed by atoms with Crippen molar-refractivity contribution in [3.05, 3.63) is 12.2 Å². The van der Waals surface area contributed by atoms with Crippen molar-refractivity contribution in [1.82, 2.24) is 55.6 Å². The minimum absolute atomic E-state index is 0.0532. The van der Waals surface area contributed by atoms with Crippen molar-refractivity contribution in [3.8, 4) is 0 Å². The number of carbonyl (C=O) groups excluding carboxylic acids is 11. The van der Waals surface area contributed by atoms with Crippen molar-refractivity contribution in [3.63, 3.8) is 0 Å². The zero-order valence-electron chi connectivity index (χ0n) is 55.0. The molecular formula is C60H108N12O13. The minimum atomic E-state index is -1.64. The summed E-state index contributed by atoms with van der Waals surface area (Å²) in [6.07, 6.45) is 2.57. The van der Waals surface area contributed by atoms with E-state index in [1.165, 1.54) is 84.8 Å². The molecule has 0 radical (unpaired) electrons. The van der Waals surface area contributed by atoms with Gasteiger partial charge in [-0.25, -0.2) is 0 Å². The third kappa shape index (κ3) is 22.5. The van der Waals surface area contributed by atoms with Gasteiger partial charge in [-0.3, -0.25) is 52.7 Å². The molecule has 11 amide bonds. The van der Waals surface area contributed by atoms with Crippen molar-refractivity contribution in [1.29, 1.82) is 0 Å². The van der Waals surface area contributed by atoms with Crippen LogP contribution in [0.4, 0.5) is 0 Å². The number of allylic oxidation sites excluding steroid dienone is 2. The lowest BCUT2D eigenvalue weighted by Crippen LogP contribution is -2.63. The molecule has 0 saturated carbocycles. The molecule has 0 aromatic rings. The van der Waals surface area contributed by atoms with Crippen LogP contribution in [0, 0.1) is 29.6 Å². The highest BCUT2D eigenvalue weighted by molar-refractivity contribution is 5.99. The summed E-state index contributed by atoms with van der Waals surface area (Å²) >= 11 is 0. The fourth-order valence-corrected chi connectivity index (χ4v) is 10.3. The lowest BCUT2D eigenvalue weighted by Gasteiger charge is -2.41. The fourth-order valence-electron chi connectivity index (χ4n) is 10.3. The second-order valence-corrected chi connectivity index (χ2v) is 25.4. The number of amides is 11. The van der Waals surface area contributed by atoms with Crippen LogP contribution in [0.15, 0.2) is 12.2 Å². The highest BCUT2D eigenvalue weighted by Crippen LogP contribution is 2.25. The van der Waals surface area contributed by atoms with E-state index < -0.39 is 162 Å². The van der Waals surface area contributed by atoms with Crippen LogP contribution in [0.3, 0.4) is 0 Å². The molecule has 1 fully saturated rings. The number of aliphatic hydroxyl groups is 2. The molecule has 1 aliphatic rings. The third-order valence-electron chi connectivity index (χ3n) is 15.6. The van der Waals surface area contributed by atoms with Crippen molar-refractivity contribution < 1.29 is 63.0 Å². The molecule has 0 aliphatic carbocycles. The Balaban J connectivity index is 4.30. The van der Waals surface area contributed by atoms with Crippen LogP contribution in [-0.2, 0) is 52.7 Å². The number of nitrogens with one attached hydrogen (secondary N) is 4. The average Bonchev–Trinajstić information content (AvgIpc) is 3.60. The number of likely N-dealkylation sites (N-methyl/N-ethyl adjacent to an activating group) is 7. The molecule has 25 heteroatoms. The molecular weight excluding hydrogens is 1100 g/mol. The molecule has 0 bridgehead atoms. The van der Waals surface area contributed by atoms with Crippen LogP contribution in [-0.4, -0.2) is 245 Å². The Kier molecular flexibility index (Phi) is 31.5. The monoisotopic (exact) mass is 1200 g/mol. The molecule has 486 valence electrons. The zero-order valence-corrected chi connectivity index (χ0v) is 55.0. The Morgan fingerprint density at radius 2 is 1.02 bits per heavy atom. The molecule has 0 aromatic carbocycles. The maximum Gasteiger partial charge on any atom is 0.246 e. The summed E-state index contributed by atoms with van der Waals surface area (Å²) < 4.78 is 0. The van der Waals surface area contributed by atoms with Gasteiger partial charge in [-0.1, -0.05) is 87.8 Å². The number of hydrogen-bond acceptors (Lipinski definition) is 14. The Hall–Kier alpha value is -6.21. The molecule has 1 heterocycles. The summed E-state index contributed by atoms with van der Waals surface area (Å²) in [6.45, 7) is 22.3. The maximum atomic E-state index is 15.1. The van der Waals surface area contributed by atoms with Gasteiger partial charge in [0.25, 0.3) is 0 Å². The Morgan fingerprint density at radius 3 is 1.47 bits per heavy atom. The summed E-state index contributed by atoms with van der Waals surface area (Å²) in [5, 5.41) is 34.0. The fraction of sp³-hybridized carbons (Fsp3) is 0.783. The molecule has 1 rings (SSSR count). The van der Waals surface area contributed by atoms with Crippen LogP contribution in [0.2, 0.25) is 0 Å². The van der Waals surface area contributed by atoms with Crippen LogP contribution in [0.5, 0.6) is 0 Å². The van der Waals surface area contributed by atoms with E-state index >= 15 is 4.79 Å². The van der Waals surface area contributed by atoms with Gasteiger partial charge in [0.05, 0.1) is 24.8 Å². The van der Waals surface area contributed by atoms with E-state index in [1.54, 1.807) is 60.6 Å². The predicted molar refractivity (Wildman–Crippen MR) is 324 cm³/mol. The van der Waals surface area contributed by atoms with Crippen LogP contribution in [0.1, 0.15) is 142 Å². The van der Waals surface area contributed by atoms with Gasteiger partial charge < -0.3 is 71.5 Å². The number of carbonyl (C=O) groups is 11. The summed E-state index contributed by atoms with van der Waals surface area (Å²) in [5.41, 5.74) is 4.37. The molecule has 1 saturated heterocycles. The molecule has 2 unspecified atom stereocenters. The van der Waals surface area contributed by atoms with Crippen molar-refractivity contribution in [2.75, 3.05) is 69.0 Å². The van der Waals surface area contributed by atoms with Gasteiger partial charge in [0, 0.05) is 55.8 Å². The Bertz CT molecular complexity index is 2320. The van der Waals surface area contributed by atoms with E-state index in [1.807, 2.05) is 27.7 Å². The van der Waals surface area contributed by atoms with Gasteiger partial charge in [0.1, 0.15) is 54.4 Å². The molecule has 0 spiro atoms. The first-order valence-electron chi connectivity index (χ1n) is 30.0. The minimum Gasteiger partial charge on any atom is -0.390 e. The number of rotatable bonds is 16. The maximum absolute atomic E-state index is 15.1. The van der Waals surface area contributed by atoms with Crippen molar-refractivity contribution in [2.45, 2.75) is 208 Å². The first-order chi connectivity index (χ1) is 39.2. The van der Waals surface area contributed by atoms with Crippen LogP contribution >= 0.6 is 0 Å². The molecule has 11 atom stereocenters. The van der Waals surface area contributed by atoms with E-state index in [9.17, 15) is 58.2 Å². The van der Waals surface area contributed by atoms with E-state index in [0.717, 1.165) is 19.6 Å². The third-order valence-corrected chi connectivity index (χ3v) is 15.6. The molecule has 8 N–H and O–H groups in total. The Morgan fingerprint density at radius 1 is 0.565 bits per heavy atom. The normalized spacial score (nSPS) is 26.1. The smallest absolute Gasteiger partial charge is 0.246 e. The first kappa shape index (κ1) is 76.8. The van der Waals surface area contributed by atoms with Crippen LogP contribution < -0.4 is 27.0 Å². The van der Waals surface area contributed by atoms with Gasteiger partial charge in [-0.05, 0) is 95.9 Å². The summed E-state index contributed by atoms with van der Waals surface area (Å²) in [7, 11) is 9.51. The number of hydrogen-bond donors (Lipinski definition) is 7. The number of nitrogens with two attached hydrogens (primary N) is 1. The van der Waals surface area contributed by atoms with E-state index in [0.29, 0.717) is 12.8 Å². The number of nitrogens with zero attached hydrogens (tertiary/aromatic N) is 7. The quantitative estimate of drug-likeness (QED) is 0.105. The summed E-state index contributed by atoms with van der Waals surface area (Å²) in [6, 6.07) is -11.8.